The van der Waals surface area contributed by atoms with Crippen LogP contribution in [0, 0.1) is 12.7 Å². The molecule has 0 spiro atoms. The van der Waals surface area contributed by atoms with Gasteiger partial charge in [-0.15, -0.1) is 0 Å². The van der Waals surface area contributed by atoms with Crippen molar-refractivity contribution in [3.8, 4) is 0 Å². The van der Waals surface area contributed by atoms with Gasteiger partial charge in [0.05, 0.1) is 11.8 Å². The zero-order valence-electron chi connectivity index (χ0n) is 11.5. The van der Waals surface area contributed by atoms with Crippen molar-refractivity contribution in [1.29, 1.82) is 0 Å². The van der Waals surface area contributed by atoms with Crippen LogP contribution in [0.2, 0.25) is 0 Å². The monoisotopic (exact) mass is 262 g/mol. The first-order valence-electron chi connectivity index (χ1n) is 6.47. The van der Waals surface area contributed by atoms with Crippen molar-refractivity contribution < 1.29 is 9.50 Å². The van der Waals surface area contributed by atoms with Crippen molar-refractivity contribution in [2.24, 2.45) is 7.05 Å². The third-order valence-corrected chi connectivity index (χ3v) is 3.39. The van der Waals surface area contributed by atoms with Gasteiger partial charge in [-0.05, 0) is 42.7 Å². The average Bonchev–Trinajstić information content (AvgIpc) is 2.73. The minimum Gasteiger partial charge on any atom is -0.388 e. The third kappa shape index (κ3) is 3.01. The van der Waals surface area contributed by atoms with Crippen LogP contribution in [0.1, 0.15) is 35.5 Å². The van der Waals surface area contributed by atoms with E-state index < -0.39 is 6.10 Å². The van der Waals surface area contributed by atoms with Gasteiger partial charge < -0.3 is 5.11 Å². The SMILES string of the molecule is CCc1cc(CC(O)c2cc(F)ccc2C)n(C)n1. The molecule has 0 radical (unpaired) electrons. The van der Waals surface area contributed by atoms with E-state index in [9.17, 15) is 9.50 Å². The van der Waals surface area contributed by atoms with Gasteiger partial charge in [-0.3, -0.25) is 4.68 Å². The summed E-state index contributed by atoms with van der Waals surface area (Å²) in [5, 5.41) is 14.6. The van der Waals surface area contributed by atoms with E-state index >= 15 is 0 Å². The molecule has 1 aromatic heterocycles. The van der Waals surface area contributed by atoms with Gasteiger partial charge in [0.15, 0.2) is 0 Å². The molecule has 0 saturated heterocycles. The van der Waals surface area contributed by atoms with E-state index in [1.807, 2.05) is 27.0 Å². The number of nitrogens with zero attached hydrogens (tertiary/aromatic N) is 2. The second-order valence-corrected chi connectivity index (χ2v) is 4.83. The highest BCUT2D eigenvalue weighted by atomic mass is 19.1. The Balaban J connectivity index is 2.22. The number of aryl methyl sites for hydroxylation is 3. The zero-order chi connectivity index (χ0) is 14.0. The molecule has 19 heavy (non-hydrogen) atoms. The topological polar surface area (TPSA) is 38.0 Å². The first-order valence-corrected chi connectivity index (χ1v) is 6.47. The fourth-order valence-electron chi connectivity index (χ4n) is 2.21. The van der Waals surface area contributed by atoms with Crippen molar-refractivity contribution >= 4 is 0 Å². The fourth-order valence-corrected chi connectivity index (χ4v) is 2.21. The van der Waals surface area contributed by atoms with Crippen molar-refractivity contribution in [3.63, 3.8) is 0 Å². The van der Waals surface area contributed by atoms with Crippen LogP contribution in [0.5, 0.6) is 0 Å². The Labute approximate surface area is 112 Å². The Morgan fingerprint density at radius 2 is 2.11 bits per heavy atom. The molecule has 0 saturated carbocycles. The summed E-state index contributed by atoms with van der Waals surface area (Å²) in [4.78, 5) is 0. The van der Waals surface area contributed by atoms with E-state index in [1.54, 1.807) is 10.7 Å². The molecule has 1 aromatic carbocycles. The fraction of sp³-hybridized carbons (Fsp3) is 0.400. The number of halogens is 1. The maximum absolute atomic E-state index is 13.3. The Bertz CT molecular complexity index is 578. The Kier molecular flexibility index (Phi) is 4.00. The second kappa shape index (κ2) is 5.53. The number of aliphatic hydroxyl groups is 1. The van der Waals surface area contributed by atoms with Crippen LogP contribution in [0.15, 0.2) is 24.3 Å². The summed E-state index contributed by atoms with van der Waals surface area (Å²) in [7, 11) is 1.86. The van der Waals surface area contributed by atoms with Crippen molar-refractivity contribution in [2.75, 3.05) is 0 Å². The Hall–Kier alpha value is -1.68. The lowest BCUT2D eigenvalue weighted by atomic mass is 9.99. The normalized spacial score (nSPS) is 12.7. The number of hydrogen-bond acceptors (Lipinski definition) is 2. The summed E-state index contributed by atoms with van der Waals surface area (Å²) in [5.41, 5.74) is 3.49. The number of hydrogen-bond donors (Lipinski definition) is 1. The smallest absolute Gasteiger partial charge is 0.123 e. The van der Waals surface area contributed by atoms with Crippen LogP contribution >= 0.6 is 0 Å². The predicted octanol–water partition coefficient (Wildman–Crippen LogP) is 2.71. The molecule has 0 amide bonds. The van der Waals surface area contributed by atoms with Gasteiger partial charge in [0.2, 0.25) is 0 Å². The van der Waals surface area contributed by atoms with Gasteiger partial charge in [0, 0.05) is 19.2 Å². The molecule has 1 atom stereocenters. The predicted molar refractivity (Wildman–Crippen MR) is 72.4 cm³/mol. The summed E-state index contributed by atoms with van der Waals surface area (Å²) in [6, 6.07) is 6.48. The van der Waals surface area contributed by atoms with Crippen LogP contribution in [-0.4, -0.2) is 14.9 Å². The molecule has 3 nitrogen and oxygen atoms in total. The number of aromatic nitrogens is 2. The lowest BCUT2D eigenvalue weighted by molar-refractivity contribution is 0.174. The molecule has 2 aromatic rings. The first-order chi connectivity index (χ1) is 9.01. The van der Waals surface area contributed by atoms with E-state index in [1.165, 1.54) is 12.1 Å². The van der Waals surface area contributed by atoms with Gasteiger partial charge in [-0.25, -0.2) is 4.39 Å². The standard InChI is InChI=1S/C15H19FN2O/c1-4-12-8-13(18(3)17-12)9-15(19)14-7-11(16)6-5-10(14)2/h5-8,15,19H,4,9H2,1-3H3. The first kappa shape index (κ1) is 13.7. The zero-order valence-corrected chi connectivity index (χ0v) is 11.5. The highest BCUT2D eigenvalue weighted by molar-refractivity contribution is 5.29. The molecule has 1 N–H and O–H groups in total. The minimum absolute atomic E-state index is 0.320. The van der Waals surface area contributed by atoms with Crippen LogP contribution in [0.3, 0.4) is 0 Å². The highest BCUT2D eigenvalue weighted by Crippen LogP contribution is 2.22. The Morgan fingerprint density at radius 1 is 1.37 bits per heavy atom. The van der Waals surface area contributed by atoms with Crippen LogP contribution < -0.4 is 0 Å². The molecule has 0 aliphatic carbocycles. The quantitative estimate of drug-likeness (QED) is 0.920. The summed E-state index contributed by atoms with van der Waals surface area (Å²) >= 11 is 0. The highest BCUT2D eigenvalue weighted by Gasteiger charge is 2.15. The van der Waals surface area contributed by atoms with E-state index in [0.717, 1.165) is 23.4 Å². The second-order valence-electron chi connectivity index (χ2n) is 4.83. The van der Waals surface area contributed by atoms with Crippen LogP contribution in [0.25, 0.3) is 0 Å². The summed E-state index contributed by atoms with van der Waals surface area (Å²) in [6.45, 7) is 3.91. The maximum Gasteiger partial charge on any atom is 0.123 e. The molecule has 1 unspecified atom stereocenters. The van der Waals surface area contributed by atoms with E-state index in [2.05, 4.69) is 5.10 Å². The van der Waals surface area contributed by atoms with Crippen LogP contribution in [0.4, 0.5) is 4.39 Å². The average molecular weight is 262 g/mol. The molecule has 0 aliphatic rings. The molecule has 102 valence electrons. The van der Waals surface area contributed by atoms with Crippen molar-refractivity contribution in [1.82, 2.24) is 9.78 Å². The maximum atomic E-state index is 13.3. The van der Waals surface area contributed by atoms with E-state index in [4.69, 9.17) is 0 Å². The number of aliphatic hydroxyl groups excluding tert-OH is 1. The van der Waals surface area contributed by atoms with Gasteiger partial charge in [-0.2, -0.15) is 5.10 Å². The van der Waals surface area contributed by atoms with Crippen molar-refractivity contribution in [2.45, 2.75) is 32.8 Å². The Morgan fingerprint density at radius 3 is 2.74 bits per heavy atom. The molecule has 0 bridgehead atoms. The molecular weight excluding hydrogens is 243 g/mol. The van der Waals surface area contributed by atoms with E-state index in [0.29, 0.717) is 12.0 Å². The molecule has 0 aliphatic heterocycles. The lowest BCUT2D eigenvalue weighted by Crippen LogP contribution is -2.08. The van der Waals surface area contributed by atoms with Crippen molar-refractivity contribution in [3.05, 3.63) is 52.6 Å². The minimum atomic E-state index is -0.712. The number of benzene rings is 1. The number of rotatable bonds is 4. The molecule has 4 heteroatoms. The summed E-state index contributed by atoms with van der Waals surface area (Å²) in [5.74, 6) is -0.320. The van der Waals surface area contributed by atoms with Gasteiger partial charge >= 0.3 is 0 Å². The largest absolute Gasteiger partial charge is 0.388 e. The molecular formula is C15H19FN2O. The lowest BCUT2D eigenvalue weighted by Gasteiger charge is -2.13. The summed E-state index contributed by atoms with van der Waals surface area (Å²) < 4.78 is 15.0. The van der Waals surface area contributed by atoms with E-state index in [-0.39, 0.29) is 5.82 Å². The van der Waals surface area contributed by atoms with Gasteiger partial charge in [0.25, 0.3) is 0 Å². The summed E-state index contributed by atoms with van der Waals surface area (Å²) in [6.07, 6.45) is 0.590. The van der Waals surface area contributed by atoms with Gasteiger partial charge in [-0.1, -0.05) is 13.0 Å². The third-order valence-electron chi connectivity index (χ3n) is 3.39. The molecule has 0 fully saturated rings. The van der Waals surface area contributed by atoms with Gasteiger partial charge in [0.1, 0.15) is 5.82 Å². The van der Waals surface area contributed by atoms with Crippen LogP contribution in [-0.2, 0) is 19.9 Å². The molecule has 1 heterocycles. The molecule has 2 rings (SSSR count).